The minimum atomic E-state index is -1.19. The zero-order chi connectivity index (χ0) is 25.0. The van der Waals surface area contributed by atoms with Gasteiger partial charge in [0, 0.05) is 0 Å². The first kappa shape index (κ1) is 30.6. The third-order valence-electron chi connectivity index (χ3n) is 7.20. The summed E-state index contributed by atoms with van der Waals surface area (Å²) in [6, 6.07) is 27.2. The Morgan fingerprint density at radius 1 is 0.649 bits per heavy atom. The van der Waals surface area contributed by atoms with E-state index in [1.807, 2.05) is 0 Å². The van der Waals surface area contributed by atoms with Crippen LogP contribution in [0.25, 0.3) is 23.3 Å². The zero-order valence-electron chi connectivity index (χ0n) is 22.9. The SMILES string of the molecule is CC1=Cc2c(-c3ccccc3)cccc2[CH]1[Hf+2][CH]1C(P(C(C)(C)C)C(C)(C)C)=Cc2ccccc21.[Cl-].[Cl-]. The van der Waals surface area contributed by atoms with Crippen LogP contribution in [0.5, 0.6) is 0 Å². The van der Waals surface area contributed by atoms with Gasteiger partial charge in [0.05, 0.1) is 0 Å². The summed E-state index contributed by atoms with van der Waals surface area (Å²) in [5.41, 5.74) is 10.5. The third kappa shape index (κ3) is 5.96. The first-order valence-electron chi connectivity index (χ1n) is 12.8. The van der Waals surface area contributed by atoms with Gasteiger partial charge in [0.1, 0.15) is 0 Å². The van der Waals surface area contributed by atoms with Gasteiger partial charge in [-0.2, -0.15) is 0 Å². The van der Waals surface area contributed by atoms with E-state index in [1.165, 1.54) is 22.3 Å². The average molecular weight is 714 g/mol. The number of allylic oxidation sites excluding steroid dienone is 2. The van der Waals surface area contributed by atoms with Crippen molar-refractivity contribution in [1.82, 2.24) is 0 Å². The third-order valence-corrected chi connectivity index (χ3v) is 19.0. The molecule has 0 nitrogen and oxygen atoms in total. The predicted octanol–water partition coefficient (Wildman–Crippen LogP) is 4.08. The molecule has 0 spiro atoms. The fourth-order valence-electron chi connectivity index (χ4n) is 6.27. The molecule has 2 aliphatic rings. The van der Waals surface area contributed by atoms with Gasteiger partial charge in [-0.1, -0.05) is 0 Å². The second-order valence-electron chi connectivity index (χ2n) is 12.0. The van der Waals surface area contributed by atoms with Gasteiger partial charge < -0.3 is 24.8 Å². The molecule has 3 aromatic carbocycles. The van der Waals surface area contributed by atoms with Gasteiger partial charge in [-0.15, -0.1) is 0 Å². The number of benzene rings is 3. The largest absolute Gasteiger partial charge is 1.00 e. The molecule has 0 bridgehead atoms. The van der Waals surface area contributed by atoms with Crippen molar-refractivity contribution >= 4 is 20.1 Å². The smallest absolute Gasteiger partial charge is 1.00 e. The Hall–Kier alpha value is -0.980. The molecule has 0 aromatic heterocycles. The normalized spacial score (nSPS) is 18.2. The fraction of sp³-hybridized carbons (Fsp3) is 0.333. The van der Waals surface area contributed by atoms with Gasteiger partial charge in [0.2, 0.25) is 0 Å². The molecule has 0 radical (unpaired) electrons. The molecule has 5 rings (SSSR count). The molecule has 3 aromatic rings. The summed E-state index contributed by atoms with van der Waals surface area (Å²) in [6.07, 6.45) is 5.13. The van der Waals surface area contributed by atoms with Crippen molar-refractivity contribution in [3.63, 3.8) is 0 Å². The van der Waals surface area contributed by atoms with Gasteiger partial charge in [0.25, 0.3) is 0 Å². The van der Waals surface area contributed by atoms with Gasteiger partial charge in [-0.25, -0.2) is 0 Å². The number of hydrogen-bond donors (Lipinski definition) is 0. The molecule has 0 saturated heterocycles. The summed E-state index contributed by atoms with van der Waals surface area (Å²) >= 11 is -1.19. The van der Waals surface area contributed by atoms with E-state index in [4.69, 9.17) is 0 Å². The summed E-state index contributed by atoms with van der Waals surface area (Å²) in [5.74, 6) is 0. The van der Waals surface area contributed by atoms with Crippen LogP contribution in [-0.2, 0) is 22.9 Å². The summed E-state index contributed by atoms with van der Waals surface area (Å²) in [4.78, 5) is 0. The maximum Gasteiger partial charge on any atom is -1.00 e. The second kappa shape index (κ2) is 11.6. The Morgan fingerprint density at radius 2 is 1.24 bits per heavy atom. The Bertz CT molecular complexity index is 1300. The van der Waals surface area contributed by atoms with Crippen LogP contribution in [0.2, 0.25) is 0 Å². The quantitative estimate of drug-likeness (QED) is 0.283. The molecule has 192 valence electrons. The van der Waals surface area contributed by atoms with E-state index in [9.17, 15) is 0 Å². The van der Waals surface area contributed by atoms with Crippen molar-refractivity contribution in [3.05, 3.63) is 106 Å². The van der Waals surface area contributed by atoms with Gasteiger partial charge in [-0.3, -0.25) is 0 Å². The van der Waals surface area contributed by atoms with Crippen molar-refractivity contribution in [2.24, 2.45) is 0 Å². The second-order valence-corrected chi connectivity index (χ2v) is 21.2. The zero-order valence-corrected chi connectivity index (χ0v) is 28.9. The van der Waals surface area contributed by atoms with Crippen molar-refractivity contribution in [2.45, 2.75) is 66.1 Å². The van der Waals surface area contributed by atoms with Crippen LogP contribution in [0.15, 0.2) is 83.7 Å². The molecule has 0 heterocycles. The van der Waals surface area contributed by atoms with Gasteiger partial charge in [-0.05, 0) is 0 Å². The molecule has 0 amide bonds. The molecule has 4 heteroatoms. The van der Waals surface area contributed by atoms with E-state index in [-0.39, 0.29) is 32.7 Å². The van der Waals surface area contributed by atoms with E-state index >= 15 is 0 Å². The minimum absolute atomic E-state index is 0. The Morgan fingerprint density at radius 3 is 1.89 bits per heavy atom. The van der Waals surface area contributed by atoms with Crippen molar-refractivity contribution in [3.8, 4) is 11.1 Å². The summed E-state index contributed by atoms with van der Waals surface area (Å²) < 4.78 is 1.33. The molecule has 2 aliphatic carbocycles. The molecule has 0 saturated carbocycles. The molecular formula is C33H37Cl2HfP. The fourth-order valence-corrected chi connectivity index (χ4v) is 19.0. The maximum absolute atomic E-state index is 2.62. The number of rotatable bonds is 4. The van der Waals surface area contributed by atoms with E-state index in [1.54, 1.807) is 22.0 Å². The van der Waals surface area contributed by atoms with Crippen LogP contribution < -0.4 is 24.8 Å². The van der Waals surface area contributed by atoms with E-state index in [0.29, 0.717) is 17.7 Å². The van der Waals surface area contributed by atoms with Crippen LogP contribution in [0.3, 0.4) is 0 Å². The predicted molar refractivity (Wildman–Crippen MR) is 152 cm³/mol. The van der Waals surface area contributed by atoms with E-state index in [0.717, 1.165) is 0 Å². The summed E-state index contributed by atoms with van der Waals surface area (Å²) in [6.45, 7) is 17.2. The summed E-state index contributed by atoms with van der Waals surface area (Å²) in [5, 5.41) is 2.37. The van der Waals surface area contributed by atoms with Gasteiger partial charge >= 0.3 is 226 Å². The first-order valence-corrected chi connectivity index (χ1v) is 18.3. The molecule has 37 heavy (non-hydrogen) atoms. The van der Waals surface area contributed by atoms with Gasteiger partial charge in [0.15, 0.2) is 0 Å². The molecule has 2 atom stereocenters. The van der Waals surface area contributed by atoms with Crippen LogP contribution in [0, 0.1) is 0 Å². The van der Waals surface area contributed by atoms with Crippen molar-refractivity contribution < 1.29 is 47.7 Å². The number of halogens is 2. The Labute approximate surface area is 249 Å². The Kier molecular flexibility index (Phi) is 9.61. The van der Waals surface area contributed by atoms with Crippen LogP contribution in [0.1, 0.15) is 78.1 Å². The van der Waals surface area contributed by atoms with Crippen LogP contribution in [-0.4, -0.2) is 10.3 Å². The summed E-state index contributed by atoms with van der Waals surface area (Å²) in [7, 11) is -0.283. The Balaban J connectivity index is 0.00000190. The average Bonchev–Trinajstić information content (AvgIpc) is 3.30. The first-order chi connectivity index (χ1) is 16.6. The molecule has 0 aliphatic heterocycles. The monoisotopic (exact) mass is 714 g/mol. The van der Waals surface area contributed by atoms with Crippen molar-refractivity contribution in [1.29, 1.82) is 0 Å². The minimum Gasteiger partial charge on any atom is -1.00 e. The number of hydrogen-bond acceptors (Lipinski definition) is 0. The standard InChI is InChI=1S/C17H24P.C16H13.2ClH.Hf/c1-16(2,3)18(17(4,5)6)15-11-13-9-7-8-10-14(13)12-15;1-12-10-14-8-5-9-15(16(14)11-12)13-6-3-2-4-7-13;;;/h7-12H,1-6H3;2-11H,1H3;2*1H;/q;;;;+2/p-2. The van der Waals surface area contributed by atoms with Crippen LogP contribution in [0.4, 0.5) is 0 Å². The molecule has 0 N–H and O–H groups in total. The van der Waals surface area contributed by atoms with E-state index in [2.05, 4.69) is 133 Å². The van der Waals surface area contributed by atoms with Crippen LogP contribution >= 0.6 is 7.92 Å². The molecular weight excluding hydrogens is 677 g/mol. The molecule has 2 unspecified atom stereocenters. The topological polar surface area (TPSA) is 0 Å². The molecule has 0 fully saturated rings. The maximum atomic E-state index is 2.62. The van der Waals surface area contributed by atoms with E-state index < -0.39 is 22.9 Å². The van der Waals surface area contributed by atoms with Crippen molar-refractivity contribution in [2.75, 3.05) is 0 Å². The number of fused-ring (bicyclic) bond motifs is 2.